The SMILES string of the molecule is COc1cccc2c1CCC(F)(F)[C@]21CNCC1C(=O)N1CC[C@@H](c2ccccc2)C[C@H]1C1CCCCC1. The van der Waals surface area contributed by atoms with Crippen LogP contribution in [0.25, 0.3) is 0 Å². The van der Waals surface area contributed by atoms with Crippen LogP contribution in [0, 0.1) is 11.8 Å². The molecule has 38 heavy (non-hydrogen) atoms. The van der Waals surface area contributed by atoms with Crippen molar-refractivity contribution in [2.45, 2.75) is 81.1 Å². The van der Waals surface area contributed by atoms with E-state index in [1.807, 2.05) is 18.2 Å². The molecule has 3 fully saturated rings. The van der Waals surface area contributed by atoms with Gasteiger partial charge >= 0.3 is 0 Å². The molecule has 1 spiro atoms. The summed E-state index contributed by atoms with van der Waals surface area (Å²) in [5, 5.41) is 3.25. The maximum absolute atomic E-state index is 16.1. The molecule has 1 saturated carbocycles. The van der Waals surface area contributed by atoms with Gasteiger partial charge in [0.1, 0.15) is 5.75 Å². The first-order chi connectivity index (χ1) is 18.5. The molecule has 4 aliphatic rings. The van der Waals surface area contributed by atoms with Crippen LogP contribution in [0.3, 0.4) is 0 Å². The van der Waals surface area contributed by atoms with E-state index in [1.165, 1.54) is 24.8 Å². The first kappa shape index (κ1) is 25.8. The number of alkyl halides is 2. The number of methoxy groups -OCH3 is 1. The zero-order valence-electron chi connectivity index (χ0n) is 22.4. The third-order valence-corrected chi connectivity index (χ3v) is 10.2. The Labute approximate surface area is 225 Å². The molecule has 2 saturated heterocycles. The second-order valence-electron chi connectivity index (χ2n) is 12.0. The fourth-order valence-corrected chi connectivity index (χ4v) is 8.28. The summed E-state index contributed by atoms with van der Waals surface area (Å²) in [5.74, 6) is -2.33. The predicted molar refractivity (Wildman–Crippen MR) is 145 cm³/mol. The Morgan fingerprint density at radius 1 is 1.03 bits per heavy atom. The maximum Gasteiger partial charge on any atom is 0.260 e. The summed E-state index contributed by atoms with van der Waals surface area (Å²) >= 11 is 0. The fourth-order valence-electron chi connectivity index (χ4n) is 8.28. The molecule has 1 amide bonds. The molecule has 2 aliphatic heterocycles. The lowest BCUT2D eigenvalue weighted by Crippen LogP contribution is -2.60. The van der Waals surface area contributed by atoms with Gasteiger partial charge in [-0.25, -0.2) is 8.78 Å². The molecule has 204 valence electrons. The molecule has 4 nitrogen and oxygen atoms in total. The van der Waals surface area contributed by atoms with E-state index in [9.17, 15) is 4.79 Å². The van der Waals surface area contributed by atoms with Crippen LogP contribution in [0.4, 0.5) is 8.78 Å². The van der Waals surface area contributed by atoms with Crippen molar-refractivity contribution in [3.8, 4) is 5.75 Å². The lowest BCUT2D eigenvalue weighted by Gasteiger charge is -2.49. The fraction of sp³-hybridized carbons (Fsp3) is 0.594. The number of amides is 1. The highest BCUT2D eigenvalue weighted by Gasteiger charge is 2.66. The van der Waals surface area contributed by atoms with Crippen molar-refractivity contribution in [1.82, 2.24) is 10.2 Å². The summed E-state index contributed by atoms with van der Waals surface area (Å²) in [6.45, 7) is 1.05. The van der Waals surface area contributed by atoms with Crippen molar-refractivity contribution in [3.63, 3.8) is 0 Å². The molecule has 6 heteroatoms. The maximum atomic E-state index is 16.1. The van der Waals surface area contributed by atoms with Gasteiger partial charge in [-0.15, -0.1) is 0 Å². The number of nitrogens with zero attached hydrogens (tertiary/aromatic N) is 1. The van der Waals surface area contributed by atoms with Gasteiger partial charge in [-0.2, -0.15) is 0 Å². The third kappa shape index (κ3) is 4.14. The number of piperidine rings is 1. The Balaban J connectivity index is 1.36. The molecular weight excluding hydrogens is 482 g/mol. The second-order valence-corrected chi connectivity index (χ2v) is 12.0. The van der Waals surface area contributed by atoms with Gasteiger partial charge < -0.3 is 15.0 Å². The van der Waals surface area contributed by atoms with Gasteiger partial charge in [-0.05, 0) is 66.7 Å². The van der Waals surface area contributed by atoms with E-state index in [0.29, 0.717) is 36.2 Å². The number of benzene rings is 2. The van der Waals surface area contributed by atoms with E-state index in [1.54, 1.807) is 13.2 Å². The van der Waals surface area contributed by atoms with Crippen molar-refractivity contribution < 1.29 is 18.3 Å². The largest absolute Gasteiger partial charge is 0.496 e. The van der Waals surface area contributed by atoms with E-state index in [4.69, 9.17) is 4.74 Å². The monoisotopic (exact) mass is 522 g/mol. The zero-order valence-corrected chi connectivity index (χ0v) is 22.4. The lowest BCUT2D eigenvalue weighted by atomic mass is 9.61. The van der Waals surface area contributed by atoms with Crippen molar-refractivity contribution in [1.29, 1.82) is 0 Å². The Bertz CT molecular complexity index is 1150. The van der Waals surface area contributed by atoms with Gasteiger partial charge in [0.05, 0.1) is 18.4 Å². The average Bonchev–Trinajstić information content (AvgIpc) is 3.42. The van der Waals surface area contributed by atoms with Crippen molar-refractivity contribution in [3.05, 3.63) is 65.2 Å². The summed E-state index contributed by atoms with van der Waals surface area (Å²) < 4.78 is 37.9. The Kier molecular flexibility index (Phi) is 6.96. The molecule has 6 rings (SSSR count). The number of carbonyl (C=O) groups excluding carboxylic acids is 1. The highest BCUT2D eigenvalue weighted by Crippen LogP contribution is 2.56. The van der Waals surface area contributed by atoms with E-state index in [0.717, 1.165) is 31.2 Å². The molecule has 0 bridgehead atoms. The van der Waals surface area contributed by atoms with Gasteiger partial charge in [0, 0.05) is 32.1 Å². The minimum Gasteiger partial charge on any atom is -0.496 e. The summed E-state index contributed by atoms with van der Waals surface area (Å²) in [4.78, 5) is 16.6. The second kappa shape index (κ2) is 10.3. The first-order valence-corrected chi connectivity index (χ1v) is 14.6. The molecule has 4 atom stereocenters. The number of rotatable bonds is 4. The van der Waals surface area contributed by atoms with Crippen LogP contribution >= 0.6 is 0 Å². The Morgan fingerprint density at radius 3 is 2.58 bits per heavy atom. The number of hydrogen-bond acceptors (Lipinski definition) is 3. The minimum atomic E-state index is -2.97. The molecule has 0 radical (unpaired) electrons. The molecule has 1 N–H and O–H groups in total. The predicted octanol–water partition coefficient (Wildman–Crippen LogP) is 6.09. The summed E-state index contributed by atoms with van der Waals surface area (Å²) in [7, 11) is 1.59. The number of hydrogen-bond donors (Lipinski definition) is 1. The van der Waals surface area contributed by atoms with Crippen LogP contribution in [-0.4, -0.2) is 49.5 Å². The van der Waals surface area contributed by atoms with Crippen LogP contribution in [0.1, 0.15) is 74.0 Å². The van der Waals surface area contributed by atoms with Gasteiger partial charge in [-0.3, -0.25) is 4.79 Å². The standard InChI is InChI=1S/C32H40F2N2O2/c1-38-29-14-8-13-26-25(29)15-17-32(33,34)31(26)21-35-20-27(31)30(37)36-18-16-24(22-9-4-2-5-10-22)19-28(36)23-11-6-3-7-12-23/h2,4-5,8-10,13-14,23-24,27-28,35H,3,6-7,11-12,15-21H2,1H3/t24-,27?,28+,31-/m1/s1. The number of carbonyl (C=O) groups is 1. The van der Waals surface area contributed by atoms with Crippen LogP contribution < -0.4 is 10.1 Å². The topological polar surface area (TPSA) is 41.6 Å². The van der Waals surface area contributed by atoms with E-state index >= 15 is 8.78 Å². The van der Waals surface area contributed by atoms with Gasteiger partial charge in [0.15, 0.2) is 0 Å². The highest BCUT2D eigenvalue weighted by atomic mass is 19.3. The Hall–Kier alpha value is -2.47. The minimum absolute atomic E-state index is 0.0765. The van der Waals surface area contributed by atoms with Gasteiger partial charge in [-0.1, -0.05) is 61.7 Å². The van der Waals surface area contributed by atoms with Crippen molar-refractivity contribution >= 4 is 5.91 Å². The van der Waals surface area contributed by atoms with E-state index < -0.39 is 17.3 Å². The van der Waals surface area contributed by atoms with Crippen LogP contribution in [0.5, 0.6) is 5.75 Å². The number of ether oxygens (including phenoxy) is 1. The summed E-state index contributed by atoms with van der Waals surface area (Å²) in [5.41, 5.74) is 1.23. The quantitative estimate of drug-likeness (QED) is 0.529. The van der Waals surface area contributed by atoms with E-state index in [2.05, 4.69) is 34.5 Å². The number of fused-ring (bicyclic) bond motifs is 2. The average molecular weight is 523 g/mol. The normalized spacial score (nSPS) is 31.2. The molecule has 2 aliphatic carbocycles. The highest BCUT2D eigenvalue weighted by molar-refractivity contribution is 5.83. The smallest absolute Gasteiger partial charge is 0.260 e. The first-order valence-electron chi connectivity index (χ1n) is 14.6. The lowest BCUT2D eigenvalue weighted by molar-refractivity contribution is -0.154. The van der Waals surface area contributed by atoms with Crippen LogP contribution in [0.15, 0.2) is 48.5 Å². The third-order valence-electron chi connectivity index (χ3n) is 10.2. The summed E-state index contributed by atoms with van der Waals surface area (Å²) in [6, 6.07) is 16.2. The molecule has 0 aromatic heterocycles. The van der Waals surface area contributed by atoms with Gasteiger partial charge in [0.25, 0.3) is 5.92 Å². The number of nitrogens with one attached hydrogen (secondary N) is 1. The van der Waals surface area contributed by atoms with Crippen LogP contribution in [-0.2, 0) is 16.6 Å². The number of halogens is 2. The molecular formula is C32H40F2N2O2. The molecule has 1 unspecified atom stereocenters. The van der Waals surface area contributed by atoms with Crippen molar-refractivity contribution in [2.24, 2.45) is 11.8 Å². The van der Waals surface area contributed by atoms with E-state index in [-0.39, 0.29) is 31.3 Å². The van der Waals surface area contributed by atoms with Crippen LogP contribution in [0.2, 0.25) is 0 Å². The molecule has 2 aromatic carbocycles. The van der Waals surface area contributed by atoms with Gasteiger partial charge in [0.2, 0.25) is 5.91 Å². The van der Waals surface area contributed by atoms with Crippen molar-refractivity contribution in [2.75, 3.05) is 26.7 Å². The number of likely N-dealkylation sites (tertiary alicyclic amines) is 1. The zero-order chi connectivity index (χ0) is 26.3. The Morgan fingerprint density at radius 2 is 1.82 bits per heavy atom. The molecule has 2 aromatic rings. The summed E-state index contributed by atoms with van der Waals surface area (Å²) in [6.07, 6.45) is 7.70. The molecule has 2 heterocycles.